The maximum Gasteiger partial charge on any atom is 0.152 e. The molecule has 2 unspecified atom stereocenters. The first-order chi connectivity index (χ1) is 7.58. The van der Waals surface area contributed by atoms with Crippen molar-refractivity contribution in [2.75, 3.05) is 18.9 Å². The summed E-state index contributed by atoms with van der Waals surface area (Å²) in [5.41, 5.74) is 2.14. The summed E-state index contributed by atoms with van der Waals surface area (Å²) in [4.78, 5) is 6.47. The predicted molar refractivity (Wildman–Crippen MR) is 68.1 cm³/mol. The van der Waals surface area contributed by atoms with E-state index < -0.39 is 0 Å². The van der Waals surface area contributed by atoms with Crippen LogP contribution in [0.3, 0.4) is 0 Å². The summed E-state index contributed by atoms with van der Waals surface area (Å²) in [6.45, 7) is 5.36. The molecule has 1 fully saturated rings. The van der Waals surface area contributed by atoms with Crippen molar-refractivity contribution in [2.45, 2.75) is 32.4 Å². The van der Waals surface area contributed by atoms with E-state index in [1.165, 1.54) is 0 Å². The SMILES string of the molecule is Cc1ccnc(Cl)c1NC1CC(C)N(C)C1. The van der Waals surface area contributed by atoms with E-state index in [4.69, 9.17) is 11.6 Å². The lowest BCUT2D eigenvalue weighted by Crippen LogP contribution is -2.25. The van der Waals surface area contributed by atoms with Crippen molar-refractivity contribution < 1.29 is 0 Å². The summed E-state index contributed by atoms with van der Waals surface area (Å²) in [6, 6.07) is 3.09. The van der Waals surface area contributed by atoms with E-state index in [0.717, 1.165) is 24.2 Å². The molecule has 0 aromatic carbocycles. The van der Waals surface area contributed by atoms with Gasteiger partial charge in [-0.05, 0) is 38.9 Å². The van der Waals surface area contributed by atoms with Crippen LogP contribution >= 0.6 is 11.6 Å². The Labute approximate surface area is 102 Å². The Morgan fingerprint density at radius 2 is 2.31 bits per heavy atom. The minimum atomic E-state index is 0.473. The highest BCUT2D eigenvalue weighted by atomic mass is 35.5. The number of likely N-dealkylation sites (N-methyl/N-ethyl adjacent to an activating group) is 1. The Balaban J connectivity index is 2.10. The predicted octanol–water partition coefficient (Wildman–Crippen LogP) is 2.55. The van der Waals surface area contributed by atoms with Gasteiger partial charge in [0, 0.05) is 24.8 Å². The maximum atomic E-state index is 6.09. The fourth-order valence-corrected chi connectivity index (χ4v) is 2.46. The number of hydrogen-bond donors (Lipinski definition) is 1. The number of pyridine rings is 1. The van der Waals surface area contributed by atoms with E-state index in [9.17, 15) is 0 Å². The first kappa shape index (κ1) is 11.7. The molecule has 0 radical (unpaired) electrons. The molecule has 4 heteroatoms. The number of halogens is 1. The lowest BCUT2D eigenvalue weighted by molar-refractivity contribution is 0.330. The molecule has 1 aromatic rings. The molecule has 1 N–H and O–H groups in total. The number of anilines is 1. The summed E-state index contributed by atoms with van der Waals surface area (Å²) >= 11 is 6.09. The first-order valence-corrected chi connectivity index (χ1v) is 6.03. The second-order valence-corrected chi connectivity index (χ2v) is 5.02. The van der Waals surface area contributed by atoms with Crippen molar-refractivity contribution in [1.82, 2.24) is 9.88 Å². The zero-order valence-corrected chi connectivity index (χ0v) is 10.8. The van der Waals surface area contributed by atoms with Crippen LogP contribution in [0.4, 0.5) is 5.69 Å². The number of nitrogens with zero attached hydrogens (tertiary/aromatic N) is 2. The second kappa shape index (κ2) is 4.60. The molecule has 2 atom stereocenters. The minimum Gasteiger partial charge on any atom is -0.378 e. The van der Waals surface area contributed by atoms with Crippen LogP contribution < -0.4 is 5.32 Å². The van der Waals surface area contributed by atoms with Gasteiger partial charge in [-0.25, -0.2) is 4.98 Å². The lowest BCUT2D eigenvalue weighted by atomic mass is 10.1. The van der Waals surface area contributed by atoms with Gasteiger partial charge in [-0.2, -0.15) is 0 Å². The Hall–Kier alpha value is -0.800. The van der Waals surface area contributed by atoms with Crippen LogP contribution in [0.1, 0.15) is 18.9 Å². The molecule has 0 saturated carbocycles. The molecule has 1 aliphatic rings. The second-order valence-electron chi connectivity index (χ2n) is 4.66. The summed E-state index contributed by atoms with van der Waals surface area (Å²) in [6.07, 6.45) is 2.90. The molecule has 2 rings (SSSR count). The van der Waals surface area contributed by atoms with Crippen LogP contribution in [0.5, 0.6) is 0 Å². The van der Waals surface area contributed by atoms with Crippen molar-refractivity contribution in [2.24, 2.45) is 0 Å². The normalized spacial score (nSPS) is 26.0. The van der Waals surface area contributed by atoms with Crippen LogP contribution in [0.2, 0.25) is 5.15 Å². The Morgan fingerprint density at radius 3 is 2.88 bits per heavy atom. The standard InChI is InChI=1S/C12H18ClN3/c1-8-4-5-14-12(13)11(8)15-10-6-9(2)16(3)7-10/h4-5,9-10,15H,6-7H2,1-3H3. The zero-order valence-electron chi connectivity index (χ0n) is 10.00. The summed E-state index contributed by atoms with van der Waals surface area (Å²) < 4.78 is 0. The van der Waals surface area contributed by atoms with E-state index in [1.807, 2.05) is 6.07 Å². The summed E-state index contributed by atoms with van der Waals surface area (Å²) in [5.74, 6) is 0. The van der Waals surface area contributed by atoms with Gasteiger partial charge in [0.1, 0.15) is 0 Å². The van der Waals surface area contributed by atoms with Gasteiger partial charge in [-0.15, -0.1) is 0 Å². The van der Waals surface area contributed by atoms with E-state index in [-0.39, 0.29) is 0 Å². The third-order valence-electron chi connectivity index (χ3n) is 3.35. The molecule has 0 amide bonds. The van der Waals surface area contributed by atoms with E-state index >= 15 is 0 Å². The average molecular weight is 240 g/mol. The van der Waals surface area contributed by atoms with Gasteiger partial charge < -0.3 is 10.2 Å². The largest absolute Gasteiger partial charge is 0.378 e. The molecule has 88 valence electrons. The fourth-order valence-electron chi connectivity index (χ4n) is 2.20. The van der Waals surface area contributed by atoms with Gasteiger partial charge in [0.05, 0.1) is 5.69 Å². The topological polar surface area (TPSA) is 28.2 Å². The van der Waals surface area contributed by atoms with E-state index in [1.54, 1.807) is 6.20 Å². The Kier molecular flexibility index (Phi) is 3.36. The third-order valence-corrected chi connectivity index (χ3v) is 3.63. The molecule has 1 aliphatic heterocycles. The number of rotatable bonds is 2. The fraction of sp³-hybridized carbons (Fsp3) is 0.583. The summed E-state index contributed by atoms with van der Waals surface area (Å²) in [7, 11) is 2.16. The van der Waals surface area contributed by atoms with Crippen molar-refractivity contribution in [3.63, 3.8) is 0 Å². The maximum absolute atomic E-state index is 6.09. The summed E-state index contributed by atoms with van der Waals surface area (Å²) in [5, 5.41) is 4.07. The quantitative estimate of drug-likeness (QED) is 0.804. The molecule has 1 aromatic heterocycles. The first-order valence-electron chi connectivity index (χ1n) is 5.66. The van der Waals surface area contributed by atoms with E-state index in [2.05, 4.69) is 36.1 Å². The van der Waals surface area contributed by atoms with Crippen LogP contribution in [0.15, 0.2) is 12.3 Å². The Bertz CT molecular complexity index is 350. The van der Waals surface area contributed by atoms with Crippen molar-refractivity contribution in [1.29, 1.82) is 0 Å². The monoisotopic (exact) mass is 239 g/mol. The number of likely N-dealkylation sites (tertiary alicyclic amines) is 1. The Morgan fingerprint density at radius 1 is 1.56 bits per heavy atom. The number of nitrogens with one attached hydrogen (secondary N) is 1. The smallest absolute Gasteiger partial charge is 0.152 e. The number of hydrogen-bond acceptors (Lipinski definition) is 3. The van der Waals surface area contributed by atoms with Gasteiger partial charge in [-0.1, -0.05) is 11.6 Å². The van der Waals surface area contributed by atoms with Crippen LogP contribution in [0.25, 0.3) is 0 Å². The van der Waals surface area contributed by atoms with Gasteiger partial charge in [0.15, 0.2) is 5.15 Å². The molecule has 2 heterocycles. The lowest BCUT2D eigenvalue weighted by Gasteiger charge is -2.16. The van der Waals surface area contributed by atoms with Crippen LogP contribution in [0, 0.1) is 6.92 Å². The van der Waals surface area contributed by atoms with Gasteiger partial charge in [0.25, 0.3) is 0 Å². The minimum absolute atomic E-state index is 0.473. The van der Waals surface area contributed by atoms with Gasteiger partial charge in [0.2, 0.25) is 0 Å². The zero-order chi connectivity index (χ0) is 11.7. The number of aromatic nitrogens is 1. The van der Waals surface area contributed by atoms with Crippen LogP contribution in [-0.4, -0.2) is 35.6 Å². The highest BCUT2D eigenvalue weighted by molar-refractivity contribution is 6.32. The molecule has 1 saturated heterocycles. The molecule has 0 aliphatic carbocycles. The van der Waals surface area contributed by atoms with Crippen LogP contribution in [-0.2, 0) is 0 Å². The number of aryl methyl sites for hydroxylation is 1. The van der Waals surface area contributed by atoms with Gasteiger partial charge >= 0.3 is 0 Å². The molecule has 0 bridgehead atoms. The third kappa shape index (κ3) is 2.30. The average Bonchev–Trinajstić information content (AvgIpc) is 2.53. The molecule has 3 nitrogen and oxygen atoms in total. The molecule has 16 heavy (non-hydrogen) atoms. The van der Waals surface area contributed by atoms with Crippen molar-refractivity contribution in [3.05, 3.63) is 23.0 Å². The highest BCUT2D eigenvalue weighted by Crippen LogP contribution is 2.26. The molecule has 0 spiro atoms. The van der Waals surface area contributed by atoms with E-state index in [0.29, 0.717) is 17.2 Å². The molecular weight excluding hydrogens is 222 g/mol. The molecular formula is C12H18ClN3. The highest BCUT2D eigenvalue weighted by Gasteiger charge is 2.26. The van der Waals surface area contributed by atoms with Gasteiger partial charge in [-0.3, -0.25) is 0 Å². The van der Waals surface area contributed by atoms with Crippen molar-refractivity contribution in [3.8, 4) is 0 Å². The van der Waals surface area contributed by atoms with Crippen molar-refractivity contribution >= 4 is 17.3 Å².